The number of likely N-dealkylation sites (N-methyl/N-ethyl adjacent to an activating group) is 1. The summed E-state index contributed by atoms with van der Waals surface area (Å²) in [5.74, 6) is 1.29. The van der Waals surface area contributed by atoms with Crippen LogP contribution >= 0.6 is 0 Å². The maximum Gasteiger partial charge on any atom is 0.227 e. The van der Waals surface area contributed by atoms with Crippen molar-refractivity contribution in [1.82, 2.24) is 19.9 Å². The van der Waals surface area contributed by atoms with Crippen molar-refractivity contribution in [3.8, 4) is 0 Å². The fraction of sp³-hybridized carbons (Fsp3) is 0.562. The second kappa shape index (κ2) is 6.25. The molecule has 3 N–H and O–H groups in total. The van der Waals surface area contributed by atoms with E-state index in [1.165, 1.54) is 0 Å². The van der Waals surface area contributed by atoms with Gasteiger partial charge in [-0.25, -0.2) is 4.98 Å². The summed E-state index contributed by atoms with van der Waals surface area (Å²) in [6.07, 6.45) is -0.422. The van der Waals surface area contributed by atoms with Crippen LogP contribution in [0.15, 0.2) is 6.07 Å². The number of aromatic nitrogens is 3. The van der Waals surface area contributed by atoms with E-state index in [0.717, 1.165) is 35.6 Å². The second-order valence-electron chi connectivity index (χ2n) is 6.24. The number of nitrogens with zero attached hydrogens (tertiary/aromatic N) is 4. The molecule has 7 heteroatoms. The van der Waals surface area contributed by atoms with Crippen molar-refractivity contribution in [2.45, 2.75) is 32.9 Å². The molecule has 2 atom stereocenters. The molecule has 124 valence electrons. The molecule has 2 unspecified atom stereocenters. The van der Waals surface area contributed by atoms with Crippen LogP contribution in [0.25, 0.3) is 11.0 Å². The van der Waals surface area contributed by atoms with Crippen molar-refractivity contribution < 1.29 is 5.11 Å². The SMILES string of the molecule is CCNc1nc(NC2CN(C)CC2O)nc2nc(C)cc(C)c12. The minimum Gasteiger partial charge on any atom is -0.390 e. The van der Waals surface area contributed by atoms with Crippen LogP contribution in [0, 0.1) is 13.8 Å². The highest BCUT2D eigenvalue weighted by molar-refractivity contribution is 5.90. The summed E-state index contributed by atoms with van der Waals surface area (Å²) in [5.41, 5.74) is 2.72. The van der Waals surface area contributed by atoms with Crippen molar-refractivity contribution in [2.75, 3.05) is 37.3 Å². The lowest BCUT2D eigenvalue weighted by atomic mass is 10.1. The lowest BCUT2D eigenvalue weighted by Crippen LogP contribution is -2.32. The number of pyridine rings is 1. The molecule has 0 spiro atoms. The smallest absolute Gasteiger partial charge is 0.227 e. The molecule has 2 aromatic rings. The number of likely N-dealkylation sites (tertiary alicyclic amines) is 1. The highest BCUT2D eigenvalue weighted by Gasteiger charge is 2.29. The molecule has 23 heavy (non-hydrogen) atoms. The van der Waals surface area contributed by atoms with Gasteiger partial charge in [0.25, 0.3) is 0 Å². The van der Waals surface area contributed by atoms with Crippen molar-refractivity contribution in [3.05, 3.63) is 17.3 Å². The van der Waals surface area contributed by atoms with Crippen molar-refractivity contribution in [2.24, 2.45) is 0 Å². The normalized spacial score (nSPS) is 21.8. The van der Waals surface area contributed by atoms with Crippen molar-refractivity contribution >= 4 is 22.8 Å². The first-order chi connectivity index (χ1) is 11.0. The Hall–Kier alpha value is -1.99. The molecule has 1 fully saturated rings. The van der Waals surface area contributed by atoms with E-state index < -0.39 is 6.10 Å². The predicted molar refractivity (Wildman–Crippen MR) is 91.9 cm³/mol. The van der Waals surface area contributed by atoms with Crippen molar-refractivity contribution in [3.63, 3.8) is 0 Å². The minimum absolute atomic E-state index is 0.0715. The number of β-amino-alcohol motifs (C(OH)–C–C–N with tert-alkyl or cyclic N) is 1. The summed E-state index contributed by atoms with van der Waals surface area (Å²) in [7, 11) is 1.99. The number of aryl methyl sites for hydroxylation is 2. The Balaban J connectivity index is 2.01. The first kappa shape index (κ1) is 15.9. The zero-order chi connectivity index (χ0) is 16.6. The molecule has 0 aliphatic carbocycles. The lowest BCUT2D eigenvalue weighted by Gasteiger charge is -2.17. The summed E-state index contributed by atoms with van der Waals surface area (Å²) in [4.78, 5) is 15.8. The van der Waals surface area contributed by atoms with Crippen LogP contribution in [0.1, 0.15) is 18.2 Å². The Morgan fingerprint density at radius 2 is 2.04 bits per heavy atom. The van der Waals surface area contributed by atoms with Gasteiger partial charge in [-0.3, -0.25) is 0 Å². The fourth-order valence-corrected chi connectivity index (χ4v) is 3.12. The van der Waals surface area contributed by atoms with E-state index in [2.05, 4.69) is 30.5 Å². The Morgan fingerprint density at radius 1 is 1.26 bits per heavy atom. The van der Waals surface area contributed by atoms with E-state index in [-0.39, 0.29) is 6.04 Å². The Morgan fingerprint density at radius 3 is 2.70 bits per heavy atom. The molecular formula is C16H24N6O. The van der Waals surface area contributed by atoms with Gasteiger partial charge in [0.05, 0.1) is 17.5 Å². The van der Waals surface area contributed by atoms with Gasteiger partial charge >= 0.3 is 0 Å². The van der Waals surface area contributed by atoms with E-state index in [1.54, 1.807) is 0 Å². The van der Waals surface area contributed by atoms with Crippen LogP contribution < -0.4 is 10.6 Å². The Kier molecular flexibility index (Phi) is 4.32. The third kappa shape index (κ3) is 3.20. The van der Waals surface area contributed by atoms with E-state index in [4.69, 9.17) is 0 Å². The molecule has 0 radical (unpaired) electrons. The van der Waals surface area contributed by atoms with Crippen LogP contribution in [-0.4, -0.2) is 63.8 Å². The highest BCUT2D eigenvalue weighted by Crippen LogP contribution is 2.25. The first-order valence-corrected chi connectivity index (χ1v) is 8.01. The summed E-state index contributed by atoms with van der Waals surface area (Å²) in [6, 6.07) is 1.97. The van der Waals surface area contributed by atoms with Crippen LogP contribution in [-0.2, 0) is 0 Å². The van der Waals surface area contributed by atoms with Gasteiger partial charge in [-0.1, -0.05) is 0 Å². The van der Waals surface area contributed by atoms with Gasteiger partial charge in [-0.15, -0.1) is 0 Å². The molecule has 3 heterocycles. The highest BCUT2D eigenvalue weighted by atomic mass is 16.3. The molecule has 1 aliphatic heterocycles. The van der Waals surface area contributed by atoms with Crippen LogP contribution in [0.2, 0.25) is 0 Å². The van der Waals surface area contributed by atoms with Gasteiger partial charge in [-0.05, 0) is 39.4 Å². The summed E-state index contributed by atoms with van der Waals surface area (Å²) >= 11 is 0. The molecular weight excluding hydrogens is 292 g/mol. The lowest BCUT2D eigenvalue weighted by molar-refractivity contribution is 0.174. The number of aliphatic hydroxyl groups excluding tert-OH is 1. The Bertz CT molecular complexity index is 719. The number of rotatable bonds is 4. The second-order valence-corrected chi connectivity index (χ2v) is 6.24. The van der Waals surface area contributed by atoms with Crippen molar-refractivity contribution in [1.29, 1.82) is 0 Å². The van der Waals surface area contributed by atoms with Gasteiger partial charge in [0.15, 0.2) is 5.65 Å². The molecule has 3 rings (SSSR count). The minimum atomic E-state index is -0.422. The molecule has 1 saturated heterocycles. The first-order valence-electron chi connectivity index (χ1n) is 8.01. The standard InChI is InChI=1S/C16H24N6O/c1-5-17-14-13-9(2)6-10(3)18-15(13)21-16(20-14)19-11-7-22(4)8-12(11)23/h6,11-12,23H,5,7-8H2,1-4H3,(H2,17,18,19,20,21). The zero-order valence-electron chi connectivity index (χ0n) is 14.1. The number of anilines is 2. The average molecular weight is 316 g/mol. The van der Waals surface area contributed by atoms with Gasteiger partial charge in [0.1, 0.15) is 5.82 Å². The van der Waals surface area contributed by atoms with Crippen LogP contribution in [0.3, 0.4) is 0 Å². The predicted octanol–water partition coefficient (Wildman–Crippen LogP) is 1.16. The maximum absolute atomic E-state index is 10.1. The van der Waals surface area contributed by atoms with Gasteiger partial charge in [0.2, 0.25) is 5.95 Å². The molecule has 0 saturated carbocycles. The molecule has 0 bridgehead atoms. The molecule has 0 aromatic carbocycles. The number of aliphatic hydroxyl groups is 1. The summed E-state index contributed by atoms with van der Waals surface area (Å²) in [6.45, 7) is 8.23. The van der Waals surface area contributed by atoms with Gasteiger partial charge in [0, 0.05) is 25.3 Å². The third-order valence-electron chi connectivity index (χ3n) is 4.12. The van der Waals surface area contributed by atoms with E-state index in [1.807, 2.05) is 33.9 Å². The van der Waals surface area contributed by atoms with E-state index in [9.17, 15) is 5.11 Å². The molecule has 2 aromatic heterocycles. The maximum atomic E-state index is 10.1. The number of nitrogens with one attached hydrogen (secondary N) is 2. The fourth-order valence-electron chi connectivity index (χ4n) is 3.12. The molecule has 0 amide bonds. The number of hydrogen-bond acceptors (Lipinski definition) is 7. The third-order valence-corrected chi connectivity index (χ3v) is 4.12. The quantitative estimate of drug-likeness (QED) is 0.780. The zero-order valence-corrected chi connectivity index (χ0v) is 14.1. The largest absolute Gasteiger partial charge is 0.390 e. The van der Waals surface area contributed by atoms with E-state index in [0.29, 0.717) is 18.1 Å². The molecule has 7 nitrogen and oxygen atoms in total. The topological polar surface area (TPSA) is 86.2 Å². The average Bonchev–Trinajstić information content (AvgIpc) is 2.76. The van der Waals surface area contributed by atoms with Crippen LogP contribution in [0.4, 0.5) is 11.8 Å². The summed E-state index contributed by atoms with van der Waals surface area (Å²) in [5, 5.41) is 17.6. The molecule has 1 aliphatic rings. The van der Waals surface area contributed by atoms with Gasteiger partial charge in [-0.2, -0.15) is 9.97 Å². The van der Waals surface area contributed by atoms with Gasteiger partial charge < -0.3 is 20.6 Å². The van der Waals surface area contributed by atoms with Crippen LogP contribution in [0.5, 0.6) is 0 Å². The number of fused-ring (bicyclic) bond motifs is 1. The Labute approximate surface area is 136 Å². The summed E-state index contributed by atoms with van der Waals surface area (Å²) < 4.78 is 0. The monoisotopic (exact) mass is 316 g/mol. The van der Waals surface area contributed by atoms with E-state index >= 15 is 0 Å². The number of hydrogen-bond donors (Lipinski definition) is 3.